The summed E-state index contributed by atoms with van der Waals surface area (Å²) < 4.78 is 15.8. The predicted octanol–water partition coefficient (Wildman–Crippen LogP) is 15.7. The zero-order valence-corrected chi connectivity index (χ0v) is 35.9. The van der Waals surface area contributed by atoms with Crippen molar-refractivity contribution in [2.75, 3.05) is 16.5 Å². The minimum atomic E-state index is -0.0629. The molecular weight excluding hydrogens is 785 g/mol. The number of ether oxygens (including phenoxy) is 1. The molecule has 0 saturated heterocycles. The fourth-order valence-corrected chi connectivity index (χ4v) is 9.58. The first-order chi connectivity index (χ1) is 31.4. The van der Waals surface area contributed by atoms with Gasteiger partial charge in [-0.15, -0.1) is 0 Å². The fraction of sp³-hybridized carbons (Fsp3) is 0.0862. The number of nitrogens with zero attached hydrogens (tertiary/aromatic N) is 4. The Morgan fingerprint density at radius 2 is 1.23 bits per heavy atom. The molecule has 0 aliphatic carbocycles. The van der Waals surface area contributed by atoms with Crippen molar-refractivity contribution in [1.82, 2.24) is 9.55 Å². The van der Waals surface area contributed by atoms with E-state index in [1.54, 1.807) is 0 Å². The van der Waals surface area contributed by atoms with Crippen LogP contribution >= 0.6 is 0 Å². The first-order valence-electron chi connectivity index (χ1n) is 21.9. The van der Waals surface area contributed by atoms with E-state index in [4.69, 9.17) is 14.1 Å². The molecule has 3 aromatic heterocycles. The highest BCUT2D eigenvalue weighted by molar-refractivity contribution is 6.24. The highest BCUT2D eigenvalue weighted by atomic mass is 16.5. The lowest BCUT2D eigenvalue weighted by Gasteiger charge is -2.27. The lowest BCUT2D eigenvalue weighted by atomic mass is 9.88. The van der Waals surface area contributed by atoms with Crippen LogP contribution in [0.4, 0.5) is 22.7 Å². The molecule has 0 radical (unpaired) electrons. The summed E-state index contributed by atoms with van der Waals surface area (Å²) in [7, 11) is 0. The third-order valence-electron chi connectivity index (χ3n) is 12.7. The van der Waals surface area contributed by atoms with E-state index in [9.17, 15) is 0 Å². The first kappa shape index (κ1) is 37.7. The molecule has 0 N–H and O–H groups in total. The van der Waals surface area contributed by atoms with Crippen LogP contribution in [-0.4, -0.2) is 16.2 Å². The van der Waals surface area contributed by atoms with Crippen LogP contribution in [0, 0.1) is 0 Å². The molecule has 1 aliphatic rings. The van der Waals surface area contributed by atoms with Gasteiger partial charge in [0.15, 0.2) is 5.58 Å². The number of benzene rings is 8. The van der Waals surface area contributed by atoms with Gasteiger partial charge in [-0.2, -0.15) is 0 Å². The maximum Gasteiger partial charge on any atom is 0.161 e. The Bertz CT molecular complexity index is 3510. The number of fused-ring (bicyclic) bond motifs is 8. The van der Waals surface area contributed by atoms with Gasteiger partial charge in [-0.3, -0.25) is 4.57 Å². The van der Waals surface area contributed by atoms with Crippen molar-refractivity contribution < 1.29 is 9.15 Å². The van der Waals surface area contributed by atoms with E-state index in [2.05, 4.69) is 217 Å². The van der Waals surface area contributed by atoms with E-state index in [1.165, 1.54) is 33.5 Å². The van der Waals surface area contributed by atoms with E-state index in [0.29, 0.717) is 6.67 Å². The highest BCUT2D eigenvalue weighted by Crippen LogP contribution is 2.50. The summed E-state index contributed by atoms with van der Waals surface area (Å²) in [5, 5.41) is 4.38. The van der Waals surface area contributed by atoms with Crippen molar-refractivity contribution in [1.29, 1.82) is 0 Å². The summed E-state index contributed by atoms with van der Waals surface area (Å²) in [4.78, 5) is 9.83. The molecule has 0 saturated carbocycles. The molecule has 308 valence electrons. The Kier molecular flexibility index (Phi) is 8.70. The molecule has 0 atom stereocenters. The second-order valence-corrected chi connectivity index (χ2v) is 17.6. The highest BCUT2D eigenvalue weighted by Gasteiger charge is 2.31. The monoisotopic (exact) mass is 828 g/mol. The average molecular weight is 829 g/mol. The number of anilines is 4. The molecule has 0 spiro atoms. The first-order valence-corrected chi connectivity index (χ1v) is 21.9. The molecular formula is C58H44N4O2. The molecule has 1 aliphatic heterocycles. The minimum absolute atomic E-state index is 0.0629. The van der Waals surface area contributed by atoms with Gasteiger partial charge >= 0.3 is 0 Å². The third kappa shape index (κ3) is 6.21. The maximum absolute atomic E-state index is 6.83. The molecule has 6 nitrogen and oxygen atoms in total. The number of para-hydroxylation sites is 3. The Balaban J connectivity index is 0.958. The van der Waals surface area contributed by atoms with Crippen molar-refractivity contribution in [3.05, 3.63) is 206 Å². The molecule has 0 fully saturated rings. The minimum Gasteiger partial charge on any atom is -0.457 e. The van der Waals surface area contributed by atoms with Gasteiger partial charge in [-0.1, -0.05) is 148 Å². The van der Waals surface area contributed by atoms with Crippen molar-refractivity contribution in [2.45, 2.75) is 26.2 Å². The second kappa shape index (κ2) is 14.8. The number of aromatic nitrogens is 2. The summed E-state index contributed by atoms with van der Waals surface area (Å²) in [6, 6.07) is 68.5. The standard InChI is InChI=1S/C58H44N4O2/c1-58(2,3)41-32-33-59-53(34-41)62-51-36-44(29-30-48(51)57-56(62)54-45-23-11-10-20-40(45)28-31-52(54)64-57)63-43-22-14-21-42(35-43)60-37-61(50-27-13-12-26-49(50)60)55-46(38-16-6-4-7-17-38)24-15-25-47(55)39-18-8-5-9-19-39/h4-36H,37H2,1-3H3. The van der Waals surface area contributed by atoms with Crippen LogP contribution in [0.3, 0.4) is 0 Å². The van der Waals surface area contributed by atoms with Gasteiger partial charge in [0.1, 0.15) is 35.1 Å². The molecule has 0 bridgehead atoms. The van der Waals surface area contributed by atoms with Gasteiger partial charge in [-0.25, -0.2) is 4.98 Å². The van der Waals surface area contributed by atoms with Crippen LogP contribution in [0.1, 0.15) is 26.3 Å². The molecule has 0 amide bonds. The van der Waals surface area contributed by atoms with Crippen LogP contribution < -0.4 is 14.5 Å². The second-order valence-electron chi connectivity index (χ2n) is 17.6. The molecule has 64 heavy (non-hydrogen) atoms. The Hall–Kier alpha value is -8.09. The summed E-state index contributed by atoms with van der Waals surface area (Å²) in [5.41, 5.74) is 14.0. The number of rotatable bonds is 7. The molecule has 0 unspecified atom stereocenters. The van der Waals surface area contributed by atoms with Gasteiger partial charge in [0.25, 0.3) is 0 Å². The summed E-state index contributed by atoms with van der Waals surface area (Å²) >= 11 is 0. The lowest BCUT2D eigenvalue weighted by molar-refractivity contribution is 0.483. The van der Waals surface area contributed by atoms with Gasteiger partial charge in [0, 0.05) is 40.5 Å². The molecule has 4 heterocycles. The Morgan fingerprint density at radius 1 is 0.562 bits per heavy atom. The van der Waals surface area contributed by atoms with Crippen molar-refractivity contribution in [2.24, 2.45) is 0 Å². The van der Waals surface area contributed by atoms with Crippen LogP contribution in [0.2, 0.25) is 0 Å². The zero-order valence-electron chi connectivity index (χ0n) is 35.9. The number of pyridine rings is 1. The molecule has 6 heteroatoms. The Labute approximate surface area is 371 Å². The molecule has 11 aromatic rings. The van der Waals surface area contributed by atoms with Gasteiger partial charge in [0.2, 0.25) is 0 Å². The van der Waals surface area contributed by atoms with E-state index in [1.807, 2.05) is 18.3 Å². The van der Waals surface area contributed by atoms with Crippen LogP contribution in [0.15, 0.2) is 205 Å². The maximum atomic E-state index is 6.83. The normalized spacial score (nSPS) is 12.8. The zero-order chi connectivity index (χ0) is 42.9. The van der Waals surface area contributed by atoms with Crippen molar-refractivity contribution in [3.63, 3.8) is 0 Å². The van der Waals surface area contributed by atoms with E-state index >= 15 is 0 Å². The number of hydrogen-bond acceptors (Lipinski definition) is 5. The summed E-state index contributed by atoms with van der Waals surface area (Å²) in [5.74, 6) is 2.30. The SMILES string of the molecule is CC(C)(C)c1ccnc(-n2c3cc(Oc4cccc(N5CN(c6c(-c7ccccc7)cccc6-c6ccccc6)c6ccccc65)c4)ccc3c3oc4ccc5ccccc5c4c32)c1. The van der Waals surface area contributed by atoms with Gasteiger partial charge < -0.3 is 19.0 Å². The molecule has 8 aromatic carbocycles. The van der Waals surface area contributed by atoms with Crippen LogP contribution in [0.25, 0.3) is 71.8 Å². The van der Waals surface area contributed by atoms with E-state index < -0.39 is 0 Å². The topological polar surface area (TPSA) is 46.7 Å². The quantitative estimate of drug-likeness (QED) is 0.160. The van der Waals surface area contributed by atoms with E-state index in [-0.39, 0.29) is 5.41 Å². The Morgan fingerprint density at radius 3 is 1.98 bits per heavy atom. The largest absolute Gasteiger partial charge is 0.457 e. The average Bonchev–Trinajstić information content (AvgIpc) is 4.01. The van der Waals surface area contributed by atoms with Gasteiger partial charge in [0.05, 0.1) is 28.0 Å². The van der Waals surface area contributed by atoms with E-state index in [0.717, 1.165) is 78.1 Å². The fourth-order valence-electron chi connectivity index (χ4n) is 9.58. The van der Waals surface area contributed by atoms with Gasteiger partial charge in [-0.05, 0) is 87.5 Å². The third-order valence-corrected chi connectivity index (χ3v) is 12.7. The smallest absolute Gasteiger partial charge is 0.161 e. The number of hydrogen-bond donors (Lipinski definition) is 0. The number of furan rings is 1. The lowest BCUT2D eigenvalue weighted by Crippen LogP contribution is -2.24. The predicted molar refractivity (Wildman–Crippen MR) is 264 cm³/mol. The van der Waals surface area contributed by atoms with Crippen LogP contribution in [-0.2, 0) is 5.41 Å². The van der Waals surface area contributed by atoms with Crippen molar-refractivity contribution >= 4 is 66.5 Å². The molecule has 12 rings (SSSR count). The van der Waals surface area contributed by atoms with Crippen molar-refractivity contribution in [3.8, 4) is 39.6 Å². The summed E-state index contributed by atoms with van der Waals surface area (Å²) in [6.45, 7) is 7.33. The summed E-state index contributed by atoms with van der Waals surface area (Å²) in [6.07, 6.45) is 1.92. The van der Waals surface area contributed by atoms with Crippen LogP contribution in [0.5, 0.6) is 11.5 Å².